The third-order valence-electron chi connectivity index (χ3n) is 6.20. The Labute approximate surface area is 224 Å². The highest BCUT2D eigenvalue weighted by Gasteiger charge is 2.37. The van der Waals surface area contributed by atoms with Crippen LogP contribution in [0.3, 0.4) is 0 Å². The number of esters is 1. The van der Waals surface area contributed by atoms with Crippen molar-refractivity contribution < 1.29 is 14.3 Å². The van der Waals surface area contributed by atoms with Crippen molar-refractivity contribution in [1.82, 2.24) is 4.57 Å². The normalized spacial score (nSPS) is 18.2. The summed E-state index contributed by atoms with van der Waals surface area (Å²) in [7, 11) is 0. The molecule has 0 spiro atoms. The van der Waals surface area contributed by atoms with Crippen molar-refractivity contribution in [2.75, 3.05) is 18.1 Å². The van der Waals surface area contributed by atoms with E-state index in [1.165, 1.54) is 4.57 Å². The van der Waals surface area contributed by atoms with Gasteiger partial charge in [0.05, 0.1) is 35.2 Å². The second-order valence-electron chi connectivity index (χ2n) is 8.26. The molecule has 0 N–H and O–H groups in total. The molecule has 1 atom stereocenters. The number of carbonyl (C=O) groups excluding carboxylic acids is 2. The second kappa shape index (κ2) is 9.46. The van der Waals surface area contributed by atoms with E-state index in [2.05, 4.69) is 20.9 Å². The van der Waals surface area contributed by atoms with Crippen molar-refractivity contribution in [2.45, 2.75) is 26.8 Å². The Hall–Kier alpha value is -3.01. The van der Waals surface area contributed by atoms with Gasteiger partial charge in [-0.1, -0.05) is 51.0 Å². The average molecular weight is 587 g/mol. The van der Waals surface area contributed by atoms with Crippen molar-refractivity contribution in [3.8, 4) is 0 Å². The van der Waals surface area contributed by atoms with Crippen LogP contribution in [0.15, 0.2) is 68.0 Å². The van der Waals surface area contributed by atoms with Crippen LogP contribution in [0.2, 0.25) is 5.02 Å². The molecule has 0 aliphatic carbocycles. The zero-order chi connectivity index (χ0) is 25.7. The molecule has 184 valence electrons. The maximum Gasteiger partial charge on any atom is 0.338 e. The van der Waals surface area contributed by atoms with Crippen molar-refractivity contribution in [2.24, 2.45) is 4.99 Å². The number of carbonyl (C=O) groups is 2. The number of hydrogen-bond donors (Lipinski definition) is 0. The van der Waals surface area contributed by atoms with E-state index >= 15 is 0 Å². The molecule has 36 heavy (non-hydrogen) atoms. The summed E-state index contributed by atoms with van der Waals surface area (Å²) in [6.45, 7) is 5.99. The second-order valence-corrected chi connectivity index (χ2v) is 10.6. The van der Waals surface area contributed by atoms with Crippen LogP contribution in [-0.4, -0.2) is 29.6 Å². The molecule has 10 heteroatoms. The maximum atomic E-state index is 14.0. The number of likely N-dealkylation sites (N-methyl/N-ethyl adjacent to an activating group) is 1. The van der Waals surface area contributed by atoms with E-state index < -0.39 is 12.0 Å². The molecule has 0 radical (unpaired) electrons. The first-order valence-electron chi connectivity index (χ1n) is 11.4. The molecule has 0 fully saturated rings. The fourth-order valence-corrected chi connectivity index (χ4v) is 6.26. The van der Waals surface area contributed by atoms with Crippen LogP contribution in [0.1, 0.15) is 37.9 Å². The Bertz CT molecular complexity index is 1640. The van der Waals surface area contributed by atoms with Gasteiger partial charge in [-0.2, -0.15) is 0 Å². The van der Waals surface area contributed by atoms with Gasteiger partial charge in [0.15, 0.2) is 4.80 Å². The average Bonchev–Trinajstić information content (AvgIpc) is 3.30. The number of halogens is 2. The summed E-state index contributed by atoms with van der Waals surface area (Å²) < 4.78 is 7.90. The van der Waals surface area contributed by atoms with Crippen molar-refractivity contribution in [3.05, 3.63) is 94.0 Å². The molecule has 2 aliphatic rings. The number of anilines is 1. The number of hydrogen-bond acceptors (Lipinski definition) is 6. The summed E-state index contributed by atoms with van der Waals surface area (Å²) in [6.07, 6.45) is 0. The predicted molar refractivity (Wildman–Crippen MR) is 143 cm³/mol. The van der Waals surface area contributed by atoms with E-state index in [1.807, 2.05) is 25.1 Å². The fourth-order valence-electron chi connectivity index (χ4n) is 4.64. The lowest BCUT2D eigenvalue weighted by atomic mass is 9.96. The standard InChI is InChI=1S/C26H21BrClN3O4S/c1-4-30-18-11-8-15(27)12-17(18)20(23(30)32)22-24(33)31-21(14-6-9-16(28)10-7-14)19(25(34)35-5-2)13(3)29-26(31)36-22/h6-12,21H,4-5H2,1-3H3/b22-20+/t21-/m1/s1. The zero-order valence-electron chi connectivity index (χ0n) is 19.7. The van der Waals surface area contributed by atoms with E-state index in [0.29, 0.717) is 38.8 Å². The maximum absolute atomic E-state index is 14.0. The molecular weight excluding hydrogens is 566 g/mol. The van der Waals surface area contributed by atoms with Gasteiger partial charge in [0.2, 0.25) is 0 Å². The SMILES string of the molecule is CCOC(=O)C1=C(C)N=c2s/c(=C3/C(=O)N(CC)c4ccc(Br)cc43)c(=O)n2[C@@H]1c1ccc(Cl)cc1. The van der Waals surface area contributed by atoms with Gasteiger partial charge in [0.1, 0.15) is 4.53 Å². The van der Waals surface area contributed by atoms with Gasteiger partial charge in [0, 0.05) is 21.6 Å². The Balaban J connectivity index is 1.83. The van der Waals surface area contributed by atoms with E-state index in [-0.39, 0.29) is 28.2 Å². The van der Waals surface area contributed by atoms with Crippen LogP contribution in [0.5, 0.6) is 0 Å². The minimum atomic E-state index is -0.771. The first kappa shape index (κ1) is 24.7. The van der Waals surface area contributed by atoms with Gasteiger partial charge in [-0.15, -0.1) is 0 Å². The lowest BCUT2D eigenvalue weighted by Crippen LogP contribution is -2.41. The molecular formula is C26H21BrClN3O4S. The molecule has 3 aromatic rings. The third kappa shape index (κ3) is 3.86. The number of fused-ring (bicyclic) bond motifs is 2. The van der Waals surface area contributed by atoms with Crippen molar-refractivity contribution in [1.29, 1.82) is 0 Å². The summed E-state index contributed by atoms with van der Waals surface area (Å²) in [5.74, 6) is -0.778. The van der Waals surface area contributed by atoms with E-state index in [4.69, 9.17) is 16.3 Å². The molecule has 2 aromatic carbocycles. The highest BCUT2D eigenvalue weighted by atomic mass is 79.9. The van der Waals surface area contributed by atoms with Gasteiger partial charge in [-0.3, -0.25) is 14.2 Å². The monoisotopic (exact) mass is 585 g/mol. The van der Waals surface area contributed by atoms with Crippen molar-refractivity contribution in [3.63, 3.8) is 0 Å². The summed E-state index contributed by atoms with van der Waals surface area (Å²) in [4.78, 5) is 47.2. The Morgan fingerprint density at radius 3 is 2.56 bits per heavy atom. The number of rotatable bonds is 4. The quantitative estimate of drug-likeness (QED) is 0.434. The van der Waals surface area contributed by atoms with Gasteiger partial charge in [-0.05, 0) is 56.7 Å². The summed E-state index contributed by atoms with van der Waals surface area (Å²) >= 11 is 10.7. The van der Waals surface area contributed by atoms with Crippen LogP contribution in [-0.2, 0) is 14.3 Å². The summed E-state index contributed by atoms with van der Waals surface area (Å²) in [6, 6.07) is 11.8. The van der Waals surface area contributed by atoms with Gasteiger partial charge >= 0.3 is 5.97 Å². The van der Waals surface area contributed by atoms with Crippen LogP contribution in [0.4, 0.5) is 5.69 Å². The Morgan fingerprint density at radius 1 is 1.17 bits per heavy atom. The first-order chi connectivity index (χ1) is 17.3. The van der Waals surface area contributed by atoms with Crippen LogP contribution >= 0.6 is 38.9 Å². The molecule has 0 unspecified atom stereocenters. The third-order valence-corrected chi connectivity index (χ3v) is 8.00. The zero-order valence-corrected chi connectivity index (χ0v) is 22.8. The predicted octanol–water partition coefficient (Wildman–Crippen LogP) is 3.95. The molecule has 1 aromatic heterocycles. The van der Waals surface area contributed by atoms with Crippen LogP contribution in [0, 0.1) is 0 Å². The number of thiazole rings is 1. The lowest BCUT2D eigenvalue weighted by Gasteiger charge is -2.24. The van der Waals surface area contributed by atoms with Gasteiger partial charge in [0.25, 0.3) is 11.5 Å². The molecule has 0 bridgehead atoms. The van der Waals surface area contributed by atoms with E-state index in [1.54, 1.807) is 43.0 Å². The number of aromatic nitrogens is 1. The topological polar surface area (TPSA) is 81.0 Å². The minimum Gasteiger partial charge on any atom is -0.463 e. The molecule has 1 amide bonds. The molecule has 5 rings (SSSR count). The Kier molecular flexibility index (Phi) is 6.48. The summed E-state index contributed by atoms with van der Waals surface area (Å²) in [5.41, 5.74) is 2.81. The number of amides is 1. The lowest BCUT2D eigenvalue weighted by molar-refractivity contribution is -0.139. The number of ether oxygens (including phenoxy) is 1. The van der Waals surface area contributed by atoms with Crippen LogP contribution < -0.4 is 19.8 Å². The number of nitrogens with zero attached hydrogens (tertiary/aromatic N) is 3. The van der Waals surface area contributed by atoms with Crippen molar-refractivity contribution >= 4 is 62.0 Å². The summed E-state index contributed by atoms with van der Waals surface area (Å²) in [5, 5.41) is 0.533. The first-order valence-corrected chi connectivity index (χ1v) is 13.3. The van der Waals surface area contributed by atoms with E-state index in [9.17, 15) is 14.4 Å². The Morgan fingerprint density at radius 2 is 1.89 bits per heavy atom. The van der Waals surface area contributed by atoms with Gasteiger partial charge < -0.3 is 9.64 Å². The molecule has 0 saturated carbocycles. The van der Waals surface area contributed by atoms with Crippen LogP contribution in [0.25, 0.3) is 5.57 Å². The fraction of sp³-hybridized carbons (Fsp3) is 0.231. The largest absolute Gasteiger partial charge is 0.463 e. The molecule has 0 saturated heterocycles. The van der Waals surface area contributed by atoms with E-state index in [0.717, 1.165) is 21.5 Å². The highest BCUT2D eigenvalue weighted by Crippen LogP contribution is 2.37. The smallest absolute Gasteiger partial charge is 0.338 e. The molecule has 3 heterocycles. The number of benzene rings is 2. The molecule has 7 nitrogen and oxygen atoms in total. The minimum absolute atomic E-state index is 0.185. The highest BCUT2D eigenvalue weighted by molar-refractivity contribution is 9.10. The molecule has 2 aliphatic heterocycles. The number of allylic oxidation sites excluding steroid dienone is 1. The van der Waals surface area contributed by atoms with Gasteiger partial charge in [-0.25, -0.2) is 9.79 Å².